The number of unbranched alkanes of at least 4 members (excludes halogenated alkanes) is 1. The number of nitrogens with one attached hydrogen (secondary N) is 10. The van der Waals surface area contributed by atoms with Crippen molar-refractivity contribution in [3.05, 3.63) is 90.0 Å². The molecule has 9 amide bonds. The van der Waals surface area contributed by atoms with Crippen molar-refractivity contribution in [2.24, 2.45) is 23.3 Å². The van der Waals surface area contributed by atoms with Gasteiger partial charge >= 0.3 is 5.97 Å². The standard InChI is InChI=1S/C53H77N13O12/c1-30(2)22-37(47(71)65-42(28-67)51(75)64-41(53(77)78)25-34-27-56-29-58-34)60-49(73)39(24-33-16-9-6-10-17-33)61-46(70)36(18-11-12-20-54)59-48(72)38(23-32-14-7-5-8-15-32)62-50(74)40(26-43(55)68)63-52(76)44(31(3)4)66-45(69)35-19-13-21-57-35/h5-10,14-17,27,29-31,35-42,44,57,67H,11-13,18-26,28,54H2,1-4H3,(H2,55,68)(H,56,58)(H,59,72)(H,60,73)(H,61,70)(H,62,74)(H,63,76)(H,64,75)(H,65,71)(H,66,69)(H,77,78)/t35?,36-,37-,38-,39-,40-,41-,42-,44-/m0/s1. The Morgan fingerprint density at radius 1 is 0.628 bits per heavy atom. The second-order valence-corrected chi connectivity index (χ2v) is 20.1. The zero-order chi connectivity index (χ0) is 57.3. The lowest BCUT2D eigenvalue weighted by molar-refractivity contribution is -0.142. The number of carboxylic acids is 1. The minimum atomic E-state index is -1.64. The zero-order valence-corrected chi connectivity index (χ0v) is 44.6. The maximum absolute atomic E-state index is 14.5. The molecule has 426 valence electrons. The van der Waals surface area contributed by atoms with Gasteiger partial charge in [-0.25, -0.2) is 9.78 Å². The lowest BCUT2D eigenvalue weighted by Crippen LogP contribution is -2.61. The summed E-state index contributed by atoms with van der Waals surface area (Å²) in [6.45, 7) is 6.88. The van der Waals surface area contributed by atoms with Crippen molar-refractivity contribution >= 4 is 59.1 Å². The van der Waals surface area contributed by atoms with E-state index in [1.807, 2.05) is 0 Å². The minimum Gasteiger partial charge on any atom is -0.480 e. The van der Waals surface area contributed by atoms with E-state index in [2.05, 4.69) is 57.8 Å². The first-order valence-electron chi connectivity index (χ1n) is 26.2. The highest BCUT2D eigenvalue weighted by atomic mass is 16.4. The Hall–Kier alpha value is -7.77. The van der Waals surface area contributed by atoms with Crippen molar-refractivity contribution in [1.82, 2.24) is 57.8 Å². The third-order valence-corrected chi connectivity index (χ3v) is 12.8. The van der Waals surface area contributed by atoms with Gasteiger partial charge in [-0.2, -0.15) is 0 Å². The van der Waals surface area contributed by atoms with Crippen molar-refractivity contribution in [3.63, 3.8) is 0 Å². The Labute approximate surface area is 453 Å². The van der Waals surface area contributed by atoms with E-state index >= 15 is 0 Å². The predicted molar refractivity (Wildman–Crippen MR) is 285 cm³/mol. The van der Waals surface area contributed by atoms with E-state index in [9.17, 15) is 58.2 Å². The van der Waals surface area contributed by atoms with Crippen molar-refractivity contribution in [2.75, 3.05) is 19.7 Å². The third-order valence-electron chi connectivity index (χ3n) is 12.8. The average molecular weight is 1090 g/mol. The molecular weight excluding hydrogens is 1010 g/mol. The number of carboxylic acid groups (broad SMARTS) is 1. The van der Waals surface area contributed by atoms with Crippen LogP contribution in [-0.4, -0.2) is 153 Å². The highest BCUT2D eigenvalue weighted by Gasteiger charge is 2.37. The van der Waals surface area contributed by atoms with Crippen LogP contribution < -0.4 is 59.3 Å². The molecule has 3 aromatic rings. The number of aliphatic hydroxyl groups is 1. The molecule has 16 N–H and O–H groups in total. The fourth-order valence-electron chi connectivity index (χ4n) is 8.60. The van der Waals surface area contributed by atoms with Gasteiger partial charge in [0, 0.05) is 31.2 Å². The number of benzene rings is 2. The van der Waals surface area contributed by atoms with E-state index in [0.717, 1.165) is 6.42 Å². The van der Waals surface area contributed by atoms with Gasteiger partial charge in [0.15, 0.2) is 0 Å². The fourth-order valence-corrected chi connectivity index (χ4v) is 8.60. The summed E-state index contributed by atoms with van der Waals surface area (Å²) in [6, 6.07) is 5.36. The first kappa shape index (κ1) is 62.8. The van der Waals surface area contributed by atoms with Gasteiger partial charge in [0.25, 0.3) is 0 Å². The molecule has 0 radical (unpaired) electrons. The number of aromatic nitrogens is 2. The van der Waals surface area contributed by atoms with Gasteiger partial charge in [-0.05, 0) is 74.6 Å². The van der Waals surface area contributed by atoms with Crippen molar-refractivity contribution in [3.8, 4) is 0 Å². The van der Waals surface area contributed by atoms with Crippen LogP contribution in [0.4, 0.5) is 0 Å². The summed E-state index contributed by atoms with van der Waals surface area (Å²) >= 11 is 0. The van der Waals surface area contributed by atoms with E-state index < -0.39 is 132 Å². The minimum absolute atomic E-state index is 0.00706. The van der Waals surface area contributed by atoms with Crippen LogP contribution >= 0.6 is 0 Å². The van der Waals surface area contributed by atoms with Crippen LogP contribution in [0.25, 0.3) is 0 Å². The zero-order valence-electron chi connectivity index (χ0n) is 44.6. The fraction of sp³-hybridized carbons (Fsp3) is 0.528. The molecule has 25 heteroatoms. The summed E-state index contributed by atoms with van der Waals surface area (Å²) in [5.74, 6) is -9.56. The molecule has 1 fully saturated rings. The molecular formula is C53H77N13O12. The quantitative estimate of drug-likeness (QED) is 0.0289. The number of H-pyrrole nitrogens is 1. The number of nitrogens with two attached hydrogens (primary N) is 2. The number of carbonyl (C=O) groups excluding carboxylic acids is 9. The monoisotopic (exact) mass is 1090 g/mol. The summed E-state index contributed by atoms with van der Waals surface area (Å²) in [7, 11) is 0. The Kier molecular flexibility index (Phi) is 25.8. The molecule has 1 aliphatic heterocycles. The number of carbonyl (C=O) groups is 10. The average Bonchev–Trinajstić information content (AvgIpc) is 4.14. The molecule has 4 rings (SSSR count). The van der Waals surface area contributed by atoms with Gasteiger partial charge in [0.1, 0.15) is 48.3 Å². The summed E-state index contributed by atoms with van der Waals surface area (Å²) < 4.78 is 0. The lowest BCUT2D eigenvalue weighted by atomic mass is 10.00. The van der Waals surface area contributed by atoms with Crippen LogP contribution in [0.5, 0.6) is 0 Å². The molecule has 1 saturated heterocycles. The van der Waals surface area contributed by atoms with E-state index in [-0.39, 0.29) is 44.6 Å². The number of hydrogen-bond donors (Lipinski definition) is 14. The van der Waals surface area contributed by atoms with Gasteiger partial charge in [-0.1, -0.05) is 88.4 Å². The Balaban J connectivity index is 1.59. The van der Waals surface area contributed by atoms with Gasteiger partial charge in [-0.15, -0.1) is 0 Å². The smallest absolute Gasteiger partial charge is 0.326 e. The first-order valence-corrected chi connectivity index (χ1v) is 26.2. The van der Waals surface area contributed by atoms with E-state index in [4.69, 9.17) is 11.5 Å². The number of rotatable bonds is 33. The summed E-state index contributed by atoms with van der Waals surface area (Å²) in [4.78, 5) is 143. The highest BCUT2D eigenvalue weighted by Crippen LogP contribution is 2.13. The maximum Gasteiger partial charge on any atom is 0.326 e. The Morgan fingerprint density at radius 2 is 1.13 bits per heavy atom. The van der Waals surface area contributed by atoms with Crippen molar-refractivity contribution in [2.45, 2.75) is 146 Å². The maximum atomic E-state index is 14.5. The second kappa shape index (κ2) is 32.1. The first-order chi connectivity index (χ1) is 37.2. The summed E-state index contributed by atoms with van der Waals surface area (Å²) in [5, 5.41) is 43.8. The molecule has 2 aromatic carbocycles. The molecule has 25 nitrogen and oxygen atoms in total. The van der Waals surface area contributed by atoms with Crippen LogP contribution in [-0.2, 0) is 67.2 Å². The SMILES string of the molecule is CC(C)C[C@H](NC(=O)[C@H](Cc1ccccc1)NC(=O)[C@H](CCCCN)NC(=O)[C@H](Cc1ccccc1)NC(=O)[C@H](CC(N)=O)NC(=O)[C@@H](NC(=O)C1CCCN1)C(C)C)C(=O)N[C@@H](CO)C(=O)N[C@@H](Cc1cnc[nH]1)C(=O)O. The van der Waals surface area contributed by atoms with Gasteiger partial charge < -0.3 is 74.5 Å². The molecule has 0 aliphatic carbocycles. The Morgan fingerprint density at radius 3 is 1.62 bits per heavy atom. The number of primary amides is 1. The number of amides is 9. The molecule has 0 saturated carbocycles. The van der Waals surface area contributed by atoms with Crippen LogP contribution in [0, 0.1) is 11.8 Å². The number of nitrogens with zero attached hydrogens (tertiary/aromatic N) is 1. The summed E-state index contributed by atoms with van der Waals surface area (Å²) in [5.41, 5.74) is 13.0. The van der Waals surface area contributed by atoms with Gasteiger partial charge in [0.05, 0.1) is 25.4 Å². The van der Waals surface area contributed by atoms with E-state index in [0.29, 0.717) is 42.6 Å². The highest BCUT2D eigenvalue weighted by molar-refractivity contribution is 5.99. The number of hydrogen-bond acceptors (Lipinski definition) is 14. The molecule has 1 aromatic heterocycles. The lowest BCUT2D eigenvalue weighted by Gasteiger charge is -2.29. The van der Waals surface area contributed by atoms with Crippen molar-refractivity contribution in [1.29, 1.82) is 0 Å². The van der Waals surface area contributed by atoms with Gasteiger partial charge in [-0.3, -0.25) is 43.2 Å². The molecule has 2 heterocycles. The van der Waals surface area contributed by atoms with Crippen LogP contribution in [0.15, 0.2) is 73.2 Å². The molecule has 78 heavy (non-hydrogen) atoms. The Bertz CT molecular complexity index is 2460. The number of aliphatic hydroxyl groups excluding tert-OH is 1. The number of aliphatic carboxylic acids is 1. The normalized spacial score (nSPS) is 16.2. The van der Waals surface area contributed by atoms with Crippen LogP contribution in [0.2, 0.25) is 0 Å². The van der Waals surface area contributed by atoms with Crippen molar-refractivity contribution < 1.29 is 58.2 Å². The predicted octanol–water partition coefficient (Wildman–Crippen LogP) is -2.15. The van der Waals surface area contributed by atoms with E-state index in [1.54, 1.807) is 88.4 Å². The topological polar surface area (TPSA) is 400 Å². The molecule has 1 aliphatic rings. The summed E-state index contributed by atoms with van der Waals surface area (Å²) in [6.07, 6.45) is 3.74. The van der Waals surface area contributed by atoms with Gasteiger partial charge in [0.2, 0.25) is 53.2 Å². The third kappa shape index (κ3) is 21.0. The molecule has 1 unspecified atom stereocenters. The number of imidazole rings is 1. The van der Waals surface area contributed by atoms with Crippen LogP contribution in [0.3, 0.4) is 0 Å². The number of aromatic amines is 1. The molecule has 0 spiro atoms. The molecule has 0 bridgehead atoms. The van der Waals surface area contributed by atoms with E-state index in [1.165, 1.54) is 12.5 Å². The second-order valence-electron chi connectivity index (χ2n) is 20.1. The largest absolute Gasteiger partial charge is 0.480 e. The molecule has 9 atom stereocenters. The van der Waals surface area contributed by atoms with Crippen LogP contribution in [0.1, 0.15) is 89.5 Å².